The van der Waals surface area contributed by atoms with E-state index < -0.39 is 29.3 Å². The van der Waals surface area contributed by atoms with E-state index in [1.165, 1.54) is 14.2 Å². The fraction of sp³-hybridized carbons (Fsp3) is 0.250. The highest BCUT2D eigenvalue weighted by Gasteiger charge is 2.18. The van der Waals surface area contributed by atoms with E-state index in [2.05, 4.69) is 4.74 Å². The van der Waals surface area contributed by atoms with Crippen LogP contribution in [-0.2, 0) is 59.3 Å². The van der Waals surface area contributed by atoms with Crippen molar-refractivity contribution in [2.75, 3.05) is 48.8 Å². The fourth-order valence-electron chi connectivity index (χ4n) is 6.08. The molecule has 6 rings (SSSR count). The van der Waals surface area contributed by atoms with Crippen LogP contribution in [0.3, 0.4) is 0 Å². The van der Waals surface area contributed by atoms with Gasteiger partial charge in [-0.3, -0.25) is 14.4 Å². The van der Waals surface area contributed by atoms with Crippen LogP contribution in [0.25, 0.3) is 44.2 Å². The van der Waals surface area contributed by atoms with Gasteiger partial charge < -0.3 is 62.2 Å². The lowest BCUT2D eigenvalue weighted by molar-refractivity contribution is -0.149. The van der Waals surface area contributed by atoms with Crippen molar-refractivity contribution < 1.29 is 72.5 Å². The molecule has 0 fully saturated rings. The molecule has 0 bridgehead atoms. The molecule has 3 N–H and O–H groups in total. The van der Waals surface area contributed by atoms with Crippen LogP contribution < -0.4 is 14.2 Å². The molecule has 0 atom stereocenters. The molecule has 0 unspecified atom stereocenters. The zero-order valence-corrected chi connectivity index (χ0v) is 35.3. The molecule has 6 aromatic rings. The van der Waals surface area contributed by atoms with Gasteiger partial charge >= 0.3 is 11.9 Å². The number of carboxylic acid groups (broad SMARTS) is 1. The molecule has 0 aliphatic carbocycles. The first-order chi connectivity index (χ1) is 29.5. The lowest BCUT2D eigenvalue weighted by Gasteiger charge is -2.05. The molecule has 0 amide bonds. The van der Waals surface area contributed by atoms with Gasteiger partial charge in [0.05, 0.1) is 7.11 Å². The third-order valence-electron chi connectivity index (χ3n) is 8.98. The molecule has 328 valence electrons. The molecular weight excluding hydrogens is 810 g/mol. The van der Waals surface area contributed by atoms with Gasteiger partial charge in [-0.1, -0.05) is 0 Å². The number of aromatic nitrogens is 3. The number of benzene rings is 3. The van der Waals surface area contributed by atoms with Crippen LogP contribution in [0.1, 0.15) is 28.4 Å². The number of hydrogen-bond donors (Lipinski definition) is 3. The molecule has 0 radical (unpaired) electrons. The zero-order chi connectivity index (χ0) is 45.7. The molecule has 0 aliphatic heterocycles. The summed E-state index contributed by atoms with van der Waals surface area (Å²) in [6.07, 6.45) is 6.61. The molecule has 18 heteroatoms. The fourth-order valence-corrected chi connectivity index (χ4v) is 6.08. The van der Waals surface area contributed by atoms with Gasteiger partial charge in [0.15, 0.2) is 26.2 Å². The Morgan fingerprint density at radius 3 is 1.19 bits per heavy atom. The number of ketones is 3. The Balaban J connectivity index is 0.000000207. The number of hydrogen-bond acceptors (Lipinski definition) is 14. The van der Waals surface area contributed by atoms with E-state index in [0.29, 0.717) is 50.8 Å². The highest BCUT2D eigenvalue weighted by molar-refractivity contribution is 6.39. The molecule has 18 nitrogen and oxygen atoms in total. The van der Waals surface area contributed by atoms with Crippen LogP contribution in [0.15, 0.2) is 85.3 Å². The number of carbonyl (C=O) groups is 5. The second-order valence-corrected chi connectivity index (χ2v) is 13.3. The number of ether oxygens (including phenoxy) is 7. The summed E-state index contributed by atoms with van der Waals surface area (Å²) in [4.78, 5) is 56.0. The molecule has 62 heavy (non-hydrogen) atoms. The third-order valence-corrected chi connectivity index (χ3v) is 8.98. The summed E-state index contributed by atoms with van der Waals surface area (Å²) in [6, 6.07) is 16.2. The molecule has 3 aromatic heterocycles. The van der Waals surface area contributed by atoms with Crippen LogP contribution in [0, 0.1) is 0 Å². The van der Waals surface area contributed by atoms with E-state index in [-0.39, 0.29) is 31.9 Å². The summed E-state index contributed by atoms with van der Waals surface area (Å²) in [5.74, 6) is -3.70. The Labute approximate surface area is 355 Å². The van der Waals surface area contributed by atoms with E-state index in [0.717, 1.165) is 35.1 Å². The first kappa shape index (κ1) is 47.3. The predicted molar refractivity (Wildman–Crippen MR) is 227 cm³/mol. The second-order valence-electron chi connectivity index (χ2n) is 13.3. The number of rotatable bonds is 16. The monoisotopic (exact) mass is 857 g/mol. The Morgan fingerprint density at radius 1 is 0.532 bits per heavy atom. The summed E-state index contributed by atoms with van der Waals surface area (Å²) in [5, 5.41) is 31.0. The van der Waals surface area contributed by atoms with Crippen LogP contribution >= 0.6 is 0 Å². The minimum atomic E-state index is -1.63. The highest BCUT2D eigenvalue weighted by atomic mass is 16.7. The summed E-state index contributed by atoms with van der Waals surface area (Å²) >= 11 is 0. The second kappa shape index (κ2) is 21.7. The number of carbonyl (C=O) groups excluding carboxylic acids is 4. The van der Waals surface area contributed by atoms with Gasteiger partial charge in [-0.25, -0.2) is 9.59 Å². The predicted octanol–water partition coefficient (Wildman–Crippen LogP) is 5.88. The number of aryl methyl sites for hydroxylation is 3. The van der Waals surface area contributed by atoms with E-state index >= 15 is 0 Å². The van der Waals surface area contributed by atoms with Crippen molar-refractivity contribution >= 4 is 73.5 Å². The molecule has 0 saturated carbocycles. The largest absolute Gasteiger partial charge is 0.507 e. The van der Waals surface area contributed by atoms with Crippen molar-refractivity contribution in [3.63, 3.8) is 0 Å². The minimum Gasteiger partial charge on any atom is -0.507 e. The number of aliphatic hydroxyl groups is 2. The van der Waals surface area contributed by atoms with Gasteiger partial charge in [-0.15, -0.1) is 0 Å². The molecule has 0 aliphatic rings. The van der Waals surface area contributed by atoms with Crippen molar-refractivity contribution in [1.29, 1.82) is 0 Å². The Hall–Kier alpha value is -7.41. The SMILES string of the molecule is COCOc1ccc2c(c1)c(C(C)=O)cn2C.COCOc1ccc2c(c1)c(C(O)=CC(=O)C(=O)O)cn2C.COCOc1ccc2c(c1)c(C(O)=CC(=O)C(=O)OC)cn2C. The molecule has 0 spiro atoms. The number of fused-ring (bicyclic) bond motifs is 3. The average Bonchev–Trinajstić information content (AvgIpc) is 3.90. The van der Waals surface area contributed by atoms with Crippen molar-refractivity contribution in [1.82, 2.24) is 13.7 Å². The number of esters is 1. The van der Waals surface area contributed by atoms with E-state index in [1.807, 2.05) is 42.1 Å². The van der Waals surface area contributed by atoms with Crippen LogP contribution in [0.5, 0.6) is 17.2 Å². The smallest absolute Gasteiger partial charge is 0.378 e. The van der Waals surface area contributed by atoms with Gasteiger partial charge in [0.1, 0.15) is 28.8 Å². The number of carboxylic acids is 1. The lowest BCUT2D eigenvalue weighted by atomic mass is 10.1. The van der Waals surface area contributed by atoms with Crippen molar-refractivity contribution in [2.24, 2.45) is 21.1 Å². The Morgan fingerprint density at radius 2 is 0.871 bits per heavy atom. The van der Waals surface area contributed by atoms with Crippen LogP contribution in [-0.4, -0.2) is 107 Å². The maximum Gasteiger partial charge on any atom is 0.378 e. The normalized spacial score (nSPS) is 11.4. The highest BCUT2D eigenvalue weighted by Crippen LogP contribution is 2.31. The first-order valence-corrected chi connectivity index (χ1v) is 18.4. The summed E-state index contributed by atoms with van der Waals surface area (Å²) < 4.78 is 40.4. The van der Waals surface area contributed by atoms with Crippen molar-refractivity contribution in [3.05, 3.63) is 102 Å². The summed E-state index contributed by atoms with van der Waals surface area (Å²) in [5.41, 5.74) is 4.10. The Bertz CT molecular complexity index is 2660. The summed E-state index contributed by atoms with van der Waals surface area (Å²) in [6.45, 7) is 1.94. The number of Topliss-reactive ketones (excluding diaryl/α,β-unsaturated/α-hetero) is 1. The van der Waals surface area contributed by atoms with Gasteiger partial charge in [-0.05, 0) is 61.5 Å². The van der Waals surface area contributed by atoms with Gasteiger partial charge in [0, 0.05) is 123 Å². The number of aliphatic carboxylic acids is 1. The third kappa shape index (κ3) is 11.7. The van der Waals surface area contributed by atoms with Gasteiger partial charge in [0.2, 0.25) is 0 Å². The first-order valence-electron chi connectivity index (χ1n) is 18.4. The molecule has 0 saturated heterocycles. The van der Waals surface area contributed by atoms with E-state index in [1.54, 1.807) is 80.0 Å². The van der Waals surface area contributed by atoms with Gasteiger partial charge in [0.25, 0.3) is 11.6 Å². The summed E-state index contributed by atoms with van der Waals surface area (Å²) in [7, 11) is 11.2. The molecule has 3 aromatic carbocycles. The van der Waals surface area contributed by atoms with E-state index in [4.69, 9.17) is 33.5 Å². The maximum atomic E-state index is 11.6. The number of aliphatic hydroxyl groups excluding tert-OH is 2. The number of nitrogens with zero attached hydrogens (tertiary/aromatic N) is 3. The van der Waals surface area contributed by atoms with E-state index in [9.17, 15) is 34.2 Å². The lowest BCUT2D eigenvalue weighted by Crippen LogP contribution is -2.13. The van der Waals surface area contributed by atoms with Crippen LogP contribution in [0.4, 0.5) is 0 Å². The molecular formula is C44H47N3O15. The molecule has 3 heterocycles. The maximum absolute atomic E-state index is 11.6. The average molecular weight is 858 g/mol. The van der Waals surface area contributed by atoms with Crippen molar-refractivity contribution in [3.8, 4) is 17.2 Å². The number of methoxy groups -OCH3 is 4. The topological polar surface area (TPSA) is 225 Å². The van der Waals surface area contributed by atoms with Crippen LogP contribution in [0.2, 0.25) is 0 Å². The zero-order valence-electron chi connectivity index (χ0n) is 35.3. The van der Waals surface area contributed by atoms with Crippen molar-refractivity contribution in [2.45, 2.75) is 6.92 Å². The quantitative estimate of drug-likeness (QED) is 0.0258. The Kier molecular flexibility index (Phi) is 16.6. The standard InChI is InChI=1S/C16H17NO6.C15H15NO6.C13H15NO3/c1-17-8-12(14(18)7-15(19)16(20)22-3)11-6-10(23-9-21-2)4-5-13(11)17;1-16-7-11(13(17)6-14(18)15(19)20)10-5-9(22-8-21-2)3-4-12(10)16;1-9(15)12-7-14(2)13-5-4-10(6-11(12)13)17-8-16-3/h4-8,18H,9H2,1-3H3;3-7,17H,8H2,1-2H3,(H,19,20);4-7H,8H2,1-3H3. The minimum absolute atomic E-state index is 0.0551. The van der Waals surface area contributed by atoms with Gasteiger partial charge in [-0.2, -0.15) is 0 Å².